The van der Waals surface area contributed by atoms with E-state index in [1.54, 1.807) is 0 Å². The molecule has 106 valence electrons. The average Bonchev–Trinajstić information content (AvgIpc) is 2.34. The van der Waals surface area contributed by atoms with Crippen LogP contribution in [0.15, 0.2) is 0 Å². The Kier molecular flexibility index (Phi) is 5.50. The van der Waals surface area contributed by atoms with Gasteiger partial charge in [-0.3, -0.25) is 0 Å². The fraction of sp³-hybridized carbons (Fsp3) is 1.00. The number of hydrogen-bond acceptors (Lipinski definition) is 2. The van der Waals surface area contributed by atoms with Crippen LogP contribution in [0.25, 0.3) is 0 Å². The lowest BCUT2D eigenvalue weighted by Crippen LogP contribution is -2.45. The summed E-state index contributed by atoms with van der Waals surface area (Å²) in [6, 6.07) is 0. The Morgan fingerprint density at radius 3 is 2.28 bits per heavy atom. The SMILES string of the molecule is CC(C)(CN1CCCCCCC1)C1CCCNC1. The maximum Gasteiger partial charge on any atom is 0.00358 e. The van der Waals surface area contributed by atoms with Crippen LogP contribution in [0.5, 0.6) is 0 Å². The summed E-state index contributed by atoms with van der Waals surface area (Å²) >= 11 is 0. The smallest absolute Gasteiger partial charge is 0.00358 e. The number of nitrogens with one attached hydrogen (secondary N) is 1. The fourth-order valence-corrected chi connectivity index (χ4v) is 3.70. The molecule has 1 N–H and O–H groups in total. The maximum absolute atomic E-state index is 3.58. The van der Waals surface area contributed by atoms with E-state index in [2.05, 4.69) is 24.1 Å². The molecule has 0 saturated carbocycles. The Hall–Kier alpha value is -0.0800. The summed E-state index contributed by atoms with van der Waals surface area (Å²) in [5, 5.41) is 3.58. The zero-order valence-electron chi connectivity index (χ0n) is 12.5. The minimum atomic E-state index is 0.479. The van der Waals surface area contributed by atoms with Gasteiger partial charge in [0.1, 0.15) is 0 Å². The summed E-state index contributed by atoms with van der Waals surface area (Å²) in [7, 11) is 0. The van der Waals surface area contributed by atoms with Gasteiger partial charge in [-0.05, 0) is 63.2 Å². The van der Waals surface area contributed by atoms with E-state index in [0.29, 0.717) is 5.41 Å². The normalized spacial score (nSPS) is 28.7. The monoisotopic (exact) mass is 252 g/mol. The second-order valence-corrected chi connectivity index (χ2v) is 7.08. The Labute approximate surface area is 114 Å². The van der Waals surface area contributed by atoms with E-state index in [1.165, 1.54) is 77.7 Å². The molecule has 0 aromatic heterocycles. The molecule has 2 aliphatic rings. The molecule has 0 aliphatic carbocycles. The Morgan fingerprint density at radius 1 is 1.00 bits per heavy atom. The number of nitrogens with zero attached hydrogens (tertiary/aromatic N) is 1. The van der Waals surface area contributed by atoms with Gasteiger partial charge in [0.2, 0.25) is 0 Å². The summed E-state index contributed by atoms with van der Waals surface area (Å²) in [6.07, 6.45) is 9.98. The van der Waals surface area contributed by atoms with Gasteiger partial charge in [0, 0.05) is 6.54 Å². The van der Waals surface area contributed by atoms with E-state index < -0.39 is 0 Å². The van der Waals surface area contributed by atoms with Crippen molar-refractivity contribution < 1.29 is 0 Å². The summed E-state index contributed by atoms with van der Waals surface area (Å²) in [5.74, 6) is 0.872. The van der Waals surface area contributed by atoms with Gasteiger partial charge in [0.05, 0.1) is 0 Å². The number of piperidine rings is 1. The second kappa shape index (κ2) is 6.91. The highest BCUT2D eigenvalue weighted by atomic mass is 15.1. The molecule has 2 fully saturated rings. The van der Waals surface area contributed by atoms with Crippen LogP contribution in [0.4, 0.5) is 0 Å². The van der Waals surface area contributed by atoms with Crippen LogP contribution in [-0.2, 0) is 0 Å². The number of hydrogen-bond donors (Lipinski definition) is 1. The lowest BCUT2D eigenvalue weighted by Gasteiger charge is -2.41. The van der Waals surface area contributed by atoms with Crippen molar-refractivity contribution in [2.75, 3.05) is 32.7 Å². The minimum Gasteiger partial charge on any atom is -0.316 e. The largest absolute Gasteiger partial charge is 0.316 e. The van der Waals surface area contributed by atoms with Gasteiger partial charge in [-0.15, -0.1) is 0 Å². The molecule has 0 bridgehead atoms. The van der Waals surface area contributed by atoms with Crippen molar-refractivity contribution in [3.8, 4) is 0 Å². The van der Waals surface area contributed by atoms with Gasteiger partial charge >= 0.3 is 0 Å². The number of likely N-dealkylation sites (tertiary alicyclic amines) is 1. The third kappa shape index (κ3) is 4.24. The topological polar surface area (TPSA) is 15.3 Å². The van der Waals surface area contributed by atoms with E-state index in [-0.39, 0.29) is 0 Å². The highest BCUT2D eigenvalue weighted by molar-refractivity contribution is 4.85. The lowest BCUT2D eigenvalue weighted by molar-refractivity contribution is 0.0951. The van der Waals surface area contributed by atoms with E-state index in [1.807, 2.05) is 0 Å². The van der Waals surface area contributed by atoms with Gasteiger partial charge in [-0.25, -0.2) is 0 Å². The quantitative estimate of drug-likeness (QED) is 0.829. The Morgan fingerprint density at radius 2 is 1.67 bits per heavy atom. The molecule has 0 aromatic rings. The summed E-state index contributed by atoms with van der Waals surface area (Å²) in [6.45, 7) is 11.4. The van der Waals surface area contributed by atoms with Crippen LogP contribution in [0.1, 0.15) is 58.8 Å². The van der Waals surface area contributed by atoms with Crippen LogP contribution in [-0.4, -0.2) is 37.6 Å². The lowest BCUT2D eigenvalue weighted by atomic mass is 9.74. The van der Waals surface area contributed by atoms with Gasteiger partial charge < -0.3 is 10.2 Å². The molecule has 2 nitrogen and oxygen atoms in total. The third-order valence-electron chi connectivity index (χ3n) is 4.98. The standard InChI is InChI=1S/C16H32N2/c1-16(2,15-9-8-10-17-13-15)14-18-11-6-4-3-5-7-12-18/h15,17H,3-14H2,1-2H3. The fourth-order valence-electron chi connectivity index (χ4n) is 3.70. The molecule has 0 aromatic carbocycles. The van der Waals surface area contributed by atoms with Gasteiger partial charge in [-0.1, -0.05) is 33.1 Å². The second-order valence-electron chi connectivity index (χ2n) is 7.08. The zero-order valence-corrected chi connectivity index (χ0v) is 12.5. The Balaban J connectivity index is 1.84. The minimum absolute atomic E-state index is 0.479. The summed E-state index contributed by atoms with van der Waals surface area (Å²) < 4.78 is 0. The molecular formula is C16H32N2. The van der Waals surface area contributed by atoms with Crippen LogP contribution in [0, 0.1) is 11.3 Å². The molecular weight excluding hydrogens is 220 g/mol. The van der Waals surface area contributed by atoms with Crippen molar-refractivity contribution in [2.24, 2.45) is 11.3 Å². The third-order valence-corrected chi connectivity index (χ3v) is 4.98. The molecule has 2 heteroatoms. The Bertz CT molecular complexity index is 223. The van der Waals surface area contributed by atoms with Crippen molar-refractivity contribution >= 4 is 0 Å². The van der Waals surface area contributed by atoms with Crippen molar-refractivity contribution in [2.45, 2.75) is 58.8 Å². The van der Waals surface area contributed by atoms with E-state index >= 15 is 0 Å². The molecule has 2 rings (SSSR count). The van der Waals surface area contributed by atoms with E-state index in [9.17, 15) is 0 Å². The summed E-state index contributed by atoms with van der Waals surface area (Å²) in [5.41, 5.74) is 0.479. The first kappa shape index (κ1) is 14.3. The highest BCUT2D eigenvalue weighted by Crippen LogP contribution is 2.33. The molecule has 1 atom stereocenters. The van der Waals surface area contributed by atoms with Crippen LogP contribution in [0.3, 0.4) is 0 Å². The molecule has 0 spiro atoms. The first-order valence-corrected chi connectivity index (χ1v) is 8.11. The predicted octanol–water partition coefficient (Wildman–Crippen LogP) is 3.28. The van der Waals surface area contributed by atoms with E-state index in [0.717, 1.165) is 5.92 Å². The molecule has 0 radical (unpaired) electrons. The van der Waals surface area contributed by atoms with Crippen molar-refractivity contribution in [3.05, 3.63) is 0 Å². The highest BCUT2D eigenvalue weighted by Gasteiger charge is 2.32. The average molecular weight is 252 g/mol. The molecule has 2 aliphatic heterocycles. The van der Waals surface area contributed by atoms with Crippen molar-refractivity contribution in [1.82, 2.24) is 10.2 Å². The first-order valence-electron chi connectivity index (χ1n) is 8.11. The van der Waals surface area contributed by atoms with E-state index in [4.69, 9.17) is 0 Å². The predicted molar refractivity (Wildman–Crippen MR) is 78.9 cm³/mol. The maximum atomic E-state index is 3.58. The van der Waals surface area contributed by atoms with Crippen LogP contribution >= 0.6 is 0 Å². The molecule has 2 saturated heterocycles. The molecule has 1 unspecified atom stereocenters. The molecule has 2 heterocycles. The molecule has 0 amide bonds. The van der Waals surface area contributed by atoms with Crippen molar-refractivity contribution in [1.29, 1.82) is 0 Å². The van der Waals surface area contributed by atoms with Gasteiger partial charge in [0.15, 0.2) is 0 Å². The van der Waals surface area contributed by atoms with Gasteiger partial charge in [-0.2, -0.15) is 0 Å². The van der Waals surface area contributed by atoms with Gasteiger partial charge in [0.25, 0.3) is 0 Å². The van der Waals surface area contributed by atoms with Crippen LogP contribution in [0.2, 0.25) is 0 Å². The molecule has 18 heavy (non-hydrogen) atoms. The van der Waals surface area contributed by atoms with Crippen LogP contribution < -0.4 is 5.32 Å². The first-order chi connectivity index (χ1) is 8.68. The summed E-state index contributed by atoms with van der Waals surface area (Å²) in [4.78, 5) is 2.74. The number of rotatable bonds is 3. The zero-order chi connectivity index (χ0) is 12.8. The van der Waals surface area contributed by atoms with Crippen molar-refractivity contribution in [3.63, 3.8) is 0 Å².